The minimum absolute atomic E-state index is 0.168. The summed E-state index contributed by atoms with van der Waals surface area (Å²) in [7, 11) is 0. The van der Waals surface area contributed by atoms with Gasteiger partial charge in [0.2, 0.25) is 5.91 Å². The Kier molecular flexibility index (Phi) is 5.54. The number of nitrogens with zero attached hydrogens (tertiary/aromatic N) is 3. The van der Waals surface area contributed by atoms with Gasteiger partial charge in [0.15, 0.2) is 0 Å². The molecule has 0 radical (unpaired) electrons. The number of anilines is 2. The Morgan fingerprint density at radius 1 is 1.32 bits per heavy atom. The zero-order valence-corrected chi connectivity index (χ0v) is 12.2. The van der Waals surface area contributed by atoms with E-state index in [0.29, 0.717) is 12.4 Å². The van der Waals surface area contributed by atoms with Gasteiger partial charge in [-0.1, -0.05) is 6.92 Å². The van der Waals surface area contributed by atoms with Crippen molar-refractivity contribution in [1.82, 2.24) is 9.97 Å². The molecule has 6 nitrogen and oxygen atoms in total. The van der Waals surface area contributed by atoms with Crippen LogP contribution in [0, 0.1) is 13.8 Å². The molecule has 6 heteroatoms. The molecule has 1 rings (SSSR count). The molecule has 0 aromatic carbocycles. The summed E-state index contributed by atoms with van der Waals surface area (Å²) in [5.74, 6) is 1.92. The van der Waals surface area contributed by atoms with Crippen LogP contribution in [-0.4, -0.2) is 35.5 Å². The highest BCUT2D eigenvalue weighted by Crippen LogP contribution is 2.23. The molecule has 19 heavy (non-hydrogen) atoms. The number of primary amides is 1. The summed E-state index contributed by atoms with van der Waals surface area (Å²) in [6.45, 7) is 9.57. The van der Waals surface area contributed by atoms with Crippen LogP contribution in [0.3, 0.4) is 0 Å². The van der Waals surface area contributed by atoms with Gasteiger partial charge in [0.25, 0.3) is 0 Å². The van der Waals surface area contributed by atoms with Crippen LogP contribution < -0.4 is 16.0 Å². The van der Waals surface area contributed by atoms with E-state index in [4.69, 9.17) is 5.73 Å². The largest absolute Gasteiger partial charge is 0.370 e. The van der Waals surface area contributed by atoms with Crippen molar-refractivity contribution < 1.29 is 4.79 Å². The summed E-state index contributed by atoms with van der Waals surface area (Å²) in [6.07, 6.45) is 1.02. The van der Waals surface area contributed by atoms with Crippen LogP contribution in [-0.2, 0) is 4.79 Å². The van der Waals surface area contributed by atoms with Crippen LogP contribution in [0.1, 0.15) is 31.7 Å². The van der Waals surface area contributed by atoms with Crippen molar-refractivity contribution in [3.63, 3.8) is 0 Å². The Bertz CT molecular complexity index is 447. The molecule has 0 unspecified atom stereocenters. The second-order valence-corrected chi connectivity index (χ2v) is 4.48. The summed E-state index contributed by atoms with van der Waals surface area (Å²) < 4.78 is 0. The Balaban J connectivity index is 3.10. The molecule has 0 fully saturated rings. The quantitative estimate of drug-likeness (QED) is 0.774. The molecule has 106 valence electrons. The highest BCUT2D eigenvalue weighted by Gasteiger charge is 2.15. The smallest absolute Gasteiger partial charge is 0.236 e. The van der Waals surface area contributed by atoms with Crippen molar-refractivity contribution in [2.45, 2.75) is 34.1 Å². The molecule has 0 saturated heterocycles. The first-order chi connectivity index (χ1) is 8.99. The zero-order valence-electron chi connectivity index (χ0n) is 12.2. The molecule has 0 aliphatic heterocycles. The molecule has 1 amide bonds. The van der Waals surface area contributed by atoms with Gasteiger partial charge in [0.05, 0.1) is 6.54 Å². The first-order valence-corrected chi connectivity index (χ1v) is 6.61. The van der Waals surface area contributed by atoms with E-state index in [9.17, 15) is 4.79 Å². The highest BCUT2D eigenvalue weighted by atomic mass is 16.1. The molecule has 0 aliphatic rings. The lowest BCUT2D eigenvalue weighted by molar-refractivity contribution is -0.116. The Hall–Kier alpha value is -1.85. The fourth-order valence-electron chi connectivity index (χ4n) is 1.86. The van der Waals surface area contributed by atoms with Crippen molar-refractivity contribution in [1.29, 1.82) is 0 Å². The number of amides is 1. The second kappa shape index (κ2) is 6.92. The molecule has 3 N–H and O–H groups in total. The minimum atomic E-state index is -0.361. The van der Waals surface area contributed by atoms with Crippen LogP contribution >= 0.6 is 0 Å². The van der Waals surface area contributed by atoms with Gasteiger partial charge in [-0.15, -0.1) is 0 Å². The maximum atomic E-state index is 11.1. The van der Waals surface area contributed by atoms with Crippen molar-refractivity contribution in [2.24, 2.45) is 5.73 Å². The number of carbonyl (C=O) groups is 1. The molecule has 1 aromatic heterocycles. The van der Waals surface area contributed by atoms with Crippen molar-refractivity contribution in [3.8, 4) is 0 Å². The number of hydrogen-bond donors (Lipinski definition) is 2. The summed E-state index contributed by atoms with van der Waals surface area (Å²) in [6, 6.07) is 0. The number of nitrogens with two attached hydrogens (primary N) is 1. The van der Waals surface area contributed by atoms with Crippen LogP contribution in [0.2, 0.25) is 0 Å². The number of likely N-dealkylation sites (N-methyl/N-ethyl adjacent to an activating group) is 1. The minimum Gasteiger partial charge on any atom is -0.370 e. The molecule has 0 spiro atoms. The summed E-state index contributed by atoms with van der Waals surface area (Å²) >= 11 is 0. The van der Waals surface area contributed by atoms with Crippen molar-refractivity contribution in [3.05, 3.63) is 11.4 Å². The average Bonchev–Trinajstić information content (AvgIpc) is 2.36. The van der Waals surface area contributed by atoms with Crippen LogP contribution in [0.5, 0.6) is 0 Å². The Labute approximate surface area is 114 Å². The molecule has 0 aliphatic carbocycles. The average molecular weight is 265 g/mol. The fraction of sp³-hybridized carbons (Fsp3) is 0.615. The van der Waals surface area contributed by atoms with Gasteiger partial charge in [-0.2, -0.15) is 0 Å². The van der Waals surface area contributed by atoms with E-state index in [1.807, 2.05) is 25.7 Å². The first kappa shape index (κ1) is 15.2. The standard InChI is InChI=1S/C13H23N5O/c1-5-7-15-12-9(3)13(17-10(4)16-12)18(6-2)8-11(14)19/h5-8H2,1-4H3,(H2,14,19)(H,15,16,17). The van der Waals surface area contributed by atoms with Gasteiger partial charge in [-0.3, -0.25) is 4.79 Å². The van der Waals surface area contributed by atoms with Crippen LogP contribution in [0.25, 0.3) is 0 Å². The lowest BCUT2D eigenvalue weighted by Crippen LogP contribution is -2.35. The molecular formula is C13H23N5O. The predicted octanol–water partition coefficient (Wildman–Crippen LogP) is 1.23. The number of rotatable bonds is 7. The van der Waals surface area contributed by atoms with E-state index >= 15 is 0 Å². The normalized spacial score (nSPS) is 10.3. The number of nitrogens with one attached hydrogen (secondary N) is 1. The SMILES string of the molecule is CCCNc1nc(C)nc(N(CC)CC(N)=O)c1C. The van der Waals surface area contributed by atoms with Crippen molar-refractivity contribution >= 4 is 17.5 Å². The van der Waals surface area contributed by atoms with Gasteiger partial charge in [-0.25, -0.2) is 9.97 Å². The lowest BCUT2D eigenvalue weighted by Gasteiger charge is -2.23. The second-order valence-electron chi connectivity index (χ2n) is 4.48. The molecule has 1 aromatic rings. The molecule has 0 saturated carbocycles. The third kappa shape index (κ3) is 4.08. The third-order valence-electron chi connectivity index (χ3n) is 2.80. The molecular weight excluding hydrogens is 242 g/mol. The zero-order chi connectivity index (χ0) is 14.4. The summed E-state index contributed by atoms with van der Waals surface area (Å²) in [5, 5.41) is 3.28. The van der Waals surface area contributed by atoms with Gasteiger partial charge in [0.1, 0.15) is 17.5 Å². The Morgan fingerprint density at radius 2 is 2.00 bits per heavy atom. The maximum Gasteiger partial charge on any atom is 0.236 e. The van der Waals surface area contributed by atoms with Crippen molar-refractivity contribution in [2.75, 3.05) is 29.9 Å². The monoisotopic (exact) mass is 265 g/mol. The van der Waals surface area contributed by atoms with E-state index < -0.39 is 0 Å². The van der Waals surface area contributed by atoms with Gasteiger partial charge in [0, 0.05) is 18.7 Å². The van der Waals surface area contributed by atoms with Gasteiger partial charge < -0.3 is 16.0 Å². The van der Waals surface area contributed by atoms with E-state index in [1.54, 1.807) is 0 Å². The Morgan fingerprint density at radius 3 is 2.53 bits per heavy atom. The highest BCUT2D eigenvalue weighted by molar-refractivity contribution is 5.79. The fourth-order valence-corrected chi connectivity index (χ4v) is 1.86. The van der Waals surface area contributed by atoms with E-state index in [1.165, 1.54) is 0 Å². The third-order valence-corrected chi connectivity index (χ3v) is 2.80. The topological polar surface area (TPSA) is 84.1 Å². The molecule has 1 heterocycles. The van der Waals surface area contributed by atoms with Gasteiger partial charge in [-0.05, 0) is 27.2 Å². The summed E-state index contributed by atoms with van der Waals surface area (Å²) in [4.78, 5) is 21.8. The number of aromatic nitrogens is 2. The number of carbonyl (C=O) groups excluding carboxylic acids is 1. The first-order valence-electron chi connectivity index (χ1n) is 6.61. The predicted molar refractivity (Wildman–Crippen MR) is 77.4 cm³/mol. The number of hydrogen-bond acceptors (Lipinski definition) is 5. The van der Waals surface area contributed by atoms with Crippen LogP contribution in [0.15, 0.2) is 0 Å². The summed E-state index contributed by atoms with van der Waals surface area (Å²) in [5.41, 5.74) is 6.22. The van der Waals surface area contributed by atoms with Crippen LogP contribution in [0.4, 0.5) is 11.6 Å². The van der Waals surface area contributed by atoms with Gasteiger partial charge >= 0.3 is 0 Å². The molecule has 0 bridgehead atoms. The van der Waals surface area contributed by atoms with E-state index in [-0.39, 0.29) is 12.5 Å². The number of aryl methyl sites for hydroxylation is 1. The van der Waals surface area contributed by atoms with E-state index in [0.717, 1.165) is 30.2 Å². The lowest BCUT2D eigenvalue weighted by atomic mass is 10.2. The maximum absolute atomic E-state index is 11.1. The van der Waals surface area contributed by atoms with E-state index in [2.05, 4.69) is 22.2 Å². The molecule has 0 atom stereocenters.